The number of hydrogen-bond acceptors (Lipinski definition) is 5. The van der Waals surface area contributed by atoms with E-state index in [0.29, 0.717) is 19.1 Å². The van der Waals surface area contributed by atoms with Gasteiger partial charge in [0, 0.05) is 31.7 Å². The van der Waals surface area contributed by atoms with E-state index in [4.69, 9.17) is 10.5 Å². The van der Waals surface area contributed by atoms with Crippen molar-refractivity contribution in [3.63, 3.8) is 0 Å². The van der Waals surface area contributed by atoms with E-state index < -0.39 is 11.7 Å². The zero-order chi connectivity index (χ0) is 16.8. The fraction of sp³-hybridized carbons (Fsp3) is 0.867. The van der Waals surface area contributed by atoms with Gasteiger partial charge in [-0.25, -0.2) is 4.79 Å². The first kappa shape index (κ1) is 18.7. The van der Waals surface area contributed by atoms with Crippen LogP contribution in [0.4, 0.5) is 4.79 Å². The van der Waals surface area contributed by atoms with Crippen LogP contribution in [0, 0.1) is 0 Å². The fourth-order valence-electron chi connectivity index (χ4n) is 2.49. The second-order valence-corrected chi connectivity index (χ2v) is 6.97. The van der Waals surface area contributed by atoms with Gasteiger partial charge in [-0.3, -0.25) is 9.69 Å². The zero-order valence-corrected chi connectivity index (χ0v) is 14.1. The topological polar surface area (TPSA) is 96.7 Å². The van der Waals surface area contributed by atoms with E-state index in [-0.39, 0.29) is 11.9 Å². The molecule has 1 rings (SSSR count). The molecule has 4 N–H and O–H groups in total. The number of likely N-dealkylation sites (tertiary alicyclic amines) is 1. The number of carbonyl (C=O) groups is 2. The highest BCUT2D eigenvalue weighted by Crippen LogP contribution is 2.10. The van der Waals surface area contributed by atoms with Gasteiger partial charge in [0.25, 0.3) is 0 Å². The average Bonchev–Trinajstić information content (AvgIpc) is 2.36. The van der Waals surface area contributed by atoms with Gasteiger partial charge in [0.1, 0.15) is 5.60 Å². The summed E-state index contributed by atoms with van der Waals surface area (Å²) in [5.74, 6) is -0.277. The first-order valence-electron chi connectivity index (χ1n) is 7.89. The van der Waals surface area contributed by atoms with Gasteiger partial charge in [-0.1, -0.05) is 0 Å². The number of primary amides is 1. The lowest BCUT2D eigenvalue weighted by Gasteiger charge is -2.33. The molecule has 1 heterocycles. The molecule has 128 valence electrons. The maximum absolute atomic E-state index is 11.6. The van der Waals surface area contributed by atoms with E-state index >= 15 is 0 Å². The highest BCUT2D eigenvalue weighted by Gasteiger charge is 2.22. The first-order chi connectivity index (χ1) is 10.2. The number of hydrogen-bond donors (Lipinski definition) is 3. The van der Waals surface area contributed by atoms with Crippen LogP contribution in [0.15, 0.2) is 0 Å². The third-order valence-electron chi connectivity index (χ3n) is 3.44. The molecule has 0 bridgehead atoms. The van der Waals surface area contributed by atoms with Crippen LogP contribution in [-0.2, 0) is 9.53 Å². The van der Waals surface area contributed by atoms with Crippen molar-refractivity contribution in [2.75, 3.05) is 26.2 Å². The van der Waals surface area contributed by atoms with E-state index in [1.54, 1.807) is 0 Å². The monoisotopic (exact) mass is 314 g/mol. The van der Waals surface area contributed by atoms with Crippen molar-refractivity contribution in [2.24, 2.45) is 5.73 Å². The van der Waals surface area contributed by atoms with Crippen molar-refractivity contribution < 1.29 is 14.3 Å². The quantitative estimate of drug-likeness (QED) is 0.661. The minimum Gasteiger partial charge on any atom is -0.444 e. The van der Waals surface area contributed by atoms with Crippen LogP contribution in [0.1, 0.15) is 40.5 Å². The fourth-order valence-corrected chi connectivity index (χ4v) is 2.49. The Morgan fingerprint density at radius 2 is 1.91 bits per heavy atom. The minimum absolute atomic E-state index is 0.167. The highest BCUT2D eigenvalue weighted by molar-refractivity contribution is 5.75. The summed E-state index contributed by atoms with van der Waals surface area (Å²) >= 11 is 0. The van der Waals surface area contributed by atoms with Gasteiger partial charge in [0.05, 0.1) is 6.54 Å². The molecular weight excluding hydrogens is 284 g/mol. The van der Waals surface area contributed by atoms with Crippen molar-refractivity contribution in [3.8, 4) is 0 Å². The summed E-state index contributed by atoms with van der Waals surface area (Å²) in [4.78, 5) is 24.6. The van der Waals surface area contributed by atoms with Gasteiger partial charge in [-0.05, 0) is 40.5 Å². The third-order valence-corrected chi connectivity index (χ3v) is 3.44. The van der Waals surface area contributed by atoms with Crippen LogP contribution in [0.3, 0.4) is 0 Å². The van der Waals surface area contributed by atoms with Gasteiger partial charge in [-0.15, -0.1) is 0 Å². The smallest absolute Gasteiger partial charge is 0.407 e. The Hall–Kier alpha value is -1.34. The van der Waals surface area contributed by atoms with Crippen LogP contribution >= 0.6 is 0 Å². The molecule has 1 unspecified atom stereocenters. The lowest BCUT2D eigenvalue weighted by molar-refractivity contribution is -0.119. The summed E-state index contributed by atoms with van der Waals surface area (Å²) in [5, 5.41) is 6.27. The molecule has 0 spiro atoms. The average molecular weight is 314 g/mol. The molecule has 0 aromatic carbocycles. The molecule has 2 amide bonds. The number of amides is 2. The summed E-state index contributed by atoms with van der Waals surface area (Å²) in [7, 11) is 0. The lowest BCUT2D eigenvalue weighted by atomic mass is 10.0. The standard InChI is InChI=1S/C15H30N4O3/c1-11(9-17-14(21)22-15(2,3)4)18-12-5-7-19(8-6-12)10-13(16)20/h11-12,18H,5-10H2,1-4H3,(H2,16,20)(H,17,21). The second kappa shape index (κ2) is 8.33. The molecule has 7 nitrogen and oxygen atoms in total. The van der Waals surface area contributed by atoms with Gasteiger partial charge in [-0.2, -0.15) is 0 Å². The molecule has 1 atom stereocenters. The van der Waals surface area contributed by atoms with Gasteiger partial charge >= 0.3 is 6.09 Å². The number of piperidine rings is 1. The predicted molar refractivity (Wildman–Crippen MR) is 85.5 cm³/mol. The second-order valence-electron chi connectivity index (χ2n) is 6.97. The summed E-state index contributed by atoms with van der Waals surface area (Å²) < 4.78 is 5.20. The molecular formula is C15H30N4O3. The Morgan fingerprint density at radius 3 is 2.41 bits per heavy atom. The Kier molecular flexibility index (Phi) is 7.09. The van der Waals surface area contributed by atoms with Crippen molar-refractivity contribution in [1.82, 2.24) is 15.5 Å². The molecule has 22 heavy (non-hydrogen) atoms. The van der Waals surface area contributed by atoms with Crippen LogP contribution in [0.2, 0.25) is 0 Å². The maximum Gasteiger partial charge on any atom is 0.407 e. The zero-order valence-electron chi connectivity index (χ0n) is 14.1. The van der Waals surface area contributed by atoms with E-state index in [1.807, 2.05) is 27.7 Å². The summed E-state index contributed by atoms with van der Waals surface area (Å²) in [6.45, 7) is 10.2. The van der Waals surface area contributed by atoms with Crippen LogP contribution in [0.5, 0.6) is 0 Å². The minimum atomic E-state index is -0.478. The number of carbonyl (C=O) groups excluding carboxylic acids is 2. The largest absolute Gasteiger partial charge is 0.444 e. The first-order valence-corrected chi connectivity index (χ1v) is 7.89. The van der Waals surface area contributed by atoms with E-state index in [2.05, 4.69) is 15.5 Å². The number of nitrogens with two attached hydrogens (primary N) is 1. The maximum atomic E-state index is 11.6. The molecule has 1 aliphatic rings. The van der Waals surface area contributed by atoms with Crippen LogP contribution in [-0.4, -0.2) is 60.8 Å². The molecule has 1 saturated heterocycles. The number of ether oxygens (including phenoxy) is 1. The Labute approximate surface area is 132 Å². The van der Waals surface area contributed by atoms with Gasteiger partial charge in [0.2, 0.25) is 5.91 Å². The Morgan fingerprint density at radius 1 is 1.32 bits per heavy atom. The molecule has 0 aromatic heterocycles. The molecule has 7 heteroatoms. The SMILES string of the molecule is CC(CNC(=O)OC(C)(C)C)NC1CCN(CC(N)=O)CC1. The lowest BCUT2D eigenvalue weighted by Crippen LogP contribution is -2.50. The van der Waals surface area contributed by atoms with Gasteiger partial charge in [0.15, 0.2) is 0 Å². The molecule has 1 aliphatic heterocycles. The summed E-state index contributed by atoms with van der Waals surface area (Å²) in [5.41, 5.74) is 4.72. The van der Waals surface area contributed by atoms with E-state index in [9.17, 15) is 9.59 Å². The van der Waals surface area contributed by atoms with Crippen LogP contribution in [0.25, 0.3) is 0 Å². The van der Waals surface area contributed by atoms with Crippen molar-refractivity contribution >= 4 is 12.0 Å². The molecule has 1 fully saturated rings. The number of rotatable bonds is 6. The van der Waals surface area contributed by atoms with Crippen molar-refractivity contribution in [2.45, 2.75) is 58.2 Å². The highest BCUT2D eigenvalue weighted by atomic mass is 16.6. The molecule has 0 saturated carbocycles. The Balaban J connectivity index is 2.19. The van der Waals surface area contributed by atoms with E-state index in [0.717, 1.165) is 25.9 Å². The normalized spacial score (nSPS) is 18.7. The molecule has 0 aromatic rings. The molecule has 0 aliphatic carbocycles. The van der Waals surface area contributed by atoms with Crippen molar-refractivity contribution in [1.29, 1.82) is 0 Å². The Bertz CT molecular complexity index is 373. The number of nitrogens with zero attached hydrogens (tertiary/aromatic N) is 1. The molecule has 0 radical (unpaired) electrons. The predicted octanol–water partition coefficient (Wildman–Crippen LogP) is 0.439. The van der Waals surface area contributed by atoms with E-state index in [1.165, 1.54) is 0 Å². The number of alkyl carbamates (subject to hydrolysis) is 1. The summed E-state index contributed by atoms with van der Waals surface area (Å²) in [6, 6.07) is 0.569. The van der Waals surface area contributed by atoms with Crippen LogP contribution < -0.4 is 16.4 Å². The number of nitrogens with one attached hydrogen (secondary N) is 2. The van der Waals surface area contributed by atoms with Crippen molar-refractivity contribution in [3.05, 3.63) is 0 Å². The van der Waals surface area contributed by atoms with Gasteiger partial charge < -0.3 is 21.1 Å². The summed E-state index contributed by atoms with van der Waals surface area (Å²) in [6.07, 6.45) is 1.56. The third kappa shape index (κ3) is 8.19.